The number of nitrogens with zero attached hydrogens (tertiary/aromatic N) is 1. The first kappa shape index (κ1) is 14.3. The smallest absolute Gasteiger partial charge is 0.244 e. The summed E-state index contributed by atoms with van der Waals surface area (Å²) in [6.45, 7) is 0.543. The maximum atomic E-state index is 13.4. The van der Waals surface area contributed by atoms with Gasteiger partial charge < -0.3 is 10.2 Å². The van der Waals surface area contributed by atoms with Crippen LogP contribution in [0.15, 0.2) is 16.6 Å². The fourth-order valence-electron chi connectivity index (χ4n) is 1.85. The van der Waals surface area contributed by atoms with Gasteiger partial charge in [-0.1, -0.05) is 11.6 Å². The van der Waals surface area contributed by atoms with Crippen LogP contribution in [-0.4, -0.2) is 29.8 Å². The highest BCUT2D eigenvalue weighted by Crippen LogP contribution is 2.28. The average molecular weight is 350 g/mol. The summed E-state index contributed by atoms with van der Waals surface area (Å²) in [5.74, 6) is -0.945. The van der Waals surface area contributed by atoms with Crippen LogP contribution in [0.25, 0.3) is 0 Å². The van der Waals surface area contributed by atoms with Gasteiger partial charge in [0.05, 0.1) is 21.7 Å². The van der Waals surface area contributed by atoms with Crippen molar-refractivity contribution in [3.8, 4) is 0 Å². The second kappa shape index (κ2) is 5.88. The molecule has 0 aliphatic carbocycles. The molecule has 2 amide bonds. The second-order valence-electron chi connectivity index (χ2n) is 4.21. The third-order valence-electron chi connectivity index (χ3n) is 2.79. The van der Waals surface area contributed by atoms with E-state index in [1.807, 2.05) is 0 Å². The van der Waals surface area contributed by atoms with Gasteiger partial charge in [-0.3, -0.25) is 9.59 Å². The predicted octanol–water partition coefficient (Wildman–Crippen LogP) is 2.80. The van der Waals surface area contributed by atoms with Crippen molar-refractivity contribution in [2.24, 2.45) is 0 Å². The lowest BCUT2D eigenvalue weighted by atomic mass is 10.3. The van der Waals surface area contributed by atoms with Gasteiger partial charge in [-0.2, -0.15) is 0 Å². The van der Waals surface area contributed by atoms with Crippen LogP contribution in [0.1, 0.15) is 12.8 Å². The molecular weight excluding hydrogens is 338 g/mol. The van der Waals surface area contributed by atoms with Crippen molar-refractivity contribution in [3.05, 3.63) is 27.4 Å². The monoisotopic (exact) mass is 348 g/mol. The van der Waals surface area contributed by atoms with Crippen LogP contribution < -0.4 is 5.32 Å². The van der Waals surface area contributed by atoms with E-state index in [-0.39, 0.29) is 33.5 Å². The van der Waals surface area contributed by atoms with Crippen LogP contribution >= 0.6 is 27.5 Å². The highest BCUT2D eigenvalue weighted by Gasteiger charge is 2.22. The lowest BCUT2D eigenvalue weighted by Gasteiger charge is -2.15. The van der Waals surface area contributed by atoms with Crippen LogP contribution in [0.4, 0.5) is 10.1 Å². The number of carbonyl (C=O) groups excluding carboxylic acids is 2. The summed E-state index contributed by atoms with van der Waals surface area (Å²) in [7, 11) is 0. The molecule has 1 aliphatic rings. The molecule has 0 bridgehead atoms. The molecule has 0 radical (unpaired) electrons. The van der Waals surface area contributed by atoms with E-state index in [4.69, 9.17) is 11.6 Å². The number of carbonyl (C=O) groups is 2. The summed E-state index contributed by atoms with van der Waals surface area (Å²) in [5.41, 5.74) is 0.194. The van der Waals surface area contributed by atoms with E-state index < -0.39 is 5.82 Å². The van der Waals surface area contributed by atoms with Crippen molar-refractivity contribution in [2.75, 3.05) is 18.4 Å². The number of nitrogens with one attached hydrogen (secondary N) is 1. The van der Waals surface area contributed by atoms with E-state index in [1.165, 1.54) is 11.0 Å². The van der Waals surface area contributed by atoms with Gasteiger partial charge in [0.1, 0.15) is 5.82 Å². The van der Waals surface area contributed by atoms with Crippen molar-refractivity contribution >= 4 is 45.0 Å². The molecule has 1 saturated heterocycles. The van der Waals surface area contributed by atoms with Crippen LogP contribution in [-0.2, 0) is 9.59 Å². The van der Waals surface area contributed by atoms with Gasteiger partial charge in [0.15, 0.2) is 0 Å². The van der Waals surface area contributed by atoms with E-state index in [0.717, 1.165) is 12.5 Å². The maximum absolute atomic E-state index is 13.4. The van der Waals surface area contributed by atoms with E-state index in [1.54, 1.807) is 0 Å². The molecule has 0 saturated carbocycles. The zero-order valence-electron chi connectivity index (χ0n) is 9.88. The molecular formula is C12H11BrClFN2O2. The molecule has 1 fully saturated rings. The molecule has 1 aromatic carbocycles. The largest absolute Gasteiger partial charge is 0.333 e. The third kappa shape index (κ3) is 3.45. The molecule has 1 heterocycles. The van der Waals surface area contributed by atoms with E-state index in [9.17, 15) is 14.0 Å². The number of rotatable bonds is 3. The van der Waals surface area contributed by atoms with Crippen LogP contribution in [0.2, 0.25) is 5.02 Å². The molecule has 1 aromatic rings. The second-order valence-corrected chi connectivity index (χ2v) is 5.47. The molecule has 1 aliphatic heterocycles. The van der Waals surface area contributed by atoms with E-state index in [0.29, 0.717) is 13.0 Å². The number of amides is 2. The van der Waals surface area contributed by atoms with Gasteiger partial charge in [0.2, 0.25) is 11.8 Å². The SMILES string of the molecule is O=C(CN1CCCC1=O)Nc1cc(F)c(Br)cc1Cl. The van der Waals surface area contributed by atoms with Gasteiger partial charge >= 0.3 is 0 Å². The molecule has 7 heteroatoms. The number of likely N-dealkylation sites (tertiary alicyclic amines) is 1. The molecule has 4 nitrogen and oxygen atoms in total. The lowest BCUT2D eigenvalue weighted by molar-refractivity contribution is -0.131. The summed E-state index contributed by atoms with van der Waals surface area (Å²) < 4.78 is 13.6. The molecule has 1 N–H and O–H groups in total. The minimum Gasteiger partial charge on any atom is -0.333 e. The van der Waals surface area contributed by atoms with Gasteiger partial charge in [-0.25, -0.2) is 4.39 Å². The average Bonchev–Trinajstić information content (AvgIpc) is 2.72. The number of halogens is 3. The molecule has 19 heavy (non-hydrogen) atoms. The minimum atomic E-state index is -0.517. The van der Waals surface area contributed by atoms with E-state index in [2.05, 4.69) is 21.2 Å². The Morgan fingerprint density at radius 1 is 1.53 bits per heavy atom. The van der Waals surface area contributed by atoms with Gasteiger partial charge in [-0.05, 0) is 28.4 Å². The number of anilines is 1. The first-order chi connectivity index (χ1) is 8.97. The highest BCUT2D eigenvalue weighted by molar-refractivity contribution is 9.10. The van der Waals surface area contributed by atoms with Crippen molar-refractivity contribution < 1.29 is 14.0 Å². The van der Waals surface area contributed by atoms with Gasteiger partial charge in [0, 0.05) is 19.0 Å². The Hall–Kier alpha value is -1.14. The molecule has 0 spiro atoms. The van der Waals surface area contributed by atoms with Gasteiger partial charge in [0.25, 0.3) is 0 Å². The van der Waals surface area contributed by atoms with Crippen LogP contribution in [0.5, 0.6) is 0 Å². The third-order valence-corrected chi connectivity index (χ3v) is 3.71. The van der Waals surface area contributed by atoms with Crippen molar-refractivity contribution in [3.63, 3.8) is 0 Å². The summed E-state index contributed by atoms with van der Waals surface area (Å²) >= 11 is 8.90. The highest BCUT2D eigenvalue weighted by atomic mass is 79.9. The minimum absolute atomic E-state index is 0.0349. The Morgan fingerprint density at radius 2 is 2.26 bits per heavy atom. The zero-order chi connectivity index (χ0) is 14.0. The molecule has 0 atom stereocenters. The van der Waals surface area contributed by atoms with Crippen molar-refractivity contribution in [1.82, 2.24) is 4.90 Å². The number of hydrogen-bond donors (Lipinski definition) is 1. The molecule has 0 aromatic heterocycles. The Morgan fingerprint density at radius 3 is 2.89 bits per heavy atom. The molecule has 102 valence electrons. The fourth-order valence-corrected chi connectivity index (χ4v) is 2.54. The Labute approximate surface area is 123 Å². The summed E-state index contributed by atoms with van der Waals surface area (Å²) in [6.07, 6.45) is 1.24. The Kier molecular flexibility index (Phi) is 4.42. The van der Waals surface area contributed by atoms with Crippen LogP contribution in [0, 0.1) is 5.82 Å². The van der Waals surface area contributed by atoms with Crippen molar-refractivity contribution in [2.45, 2.75) is 12.8 Å². The normalized spacial score (nSPS) is 14.9. The summed E-state index contributed by atoms with van der Waals surface area (Å²) in [5, 5.41) is 2.73. The van der Waals surface area contributed by atoms with Crippen LogP contribution in [0.3, 0.4) is 0 Å². The molecule has 0 unspecified atom stereocenters. The number of hydrogen-bond acceptors (Lipinski definition) is 2. The first-order valence-corrected chi connectivity index (χ1v) is 6.86. The molecule has 2 rings (SSSR count). The number of benzene rings is 1. The fraction of sp³-hybridized carbons (Fsp3) is 0.333. The summed E-state index contributed by atoms with van der Waals surface area (Å²) in [6, 6.07) is 2.50. The quantitative estimate of drug-likeness (QED) is 0.853. The maximum Gasteiger partial charge on any atom is 0.244 e. The lowest BCUT2D eigenvalue weighted by Crippen LogP contribution is -2.34. The standard InChI is InChI=1S/C12H11BrClFN2O2/c13-7-4-8(14)10(5-9(7)15)16-11(18)6-17-3-1-2-12(17)19/h4-5H,1-3,6H2,(H,16,18). The predicted molar refractivity (Wildman–Crippen MR) is 73.6 cm³/mol. The Balaban J connectivity index is 2.02. The summed E-state index contributed by atoms with van der Waals surface area (Å²) in [4.78, 5) is 24.6. The topological polar surface area (TPSA) is 49.4 Å². The van der Waals surface area contributed by atoms with Gasteiger partial charge in [-0.15, -0.1) is 0 Å². The Bertz CT molecular complexity index is 539. The zero-order valence-corrected chi connectivity index (χ0v) is 12.2. The first-order valence-electron chi connectivity index (χ1n) is 5.69. The van der Waals surface area contributed by atoms with E-state index >= 15 is 0 Å². The van der Waals surface area contributed by atoms with Crippen molar-refractivity contribution in [1.29, 1.82) is 0 Å².